The Balaban J connectivity index is 2.40. The van der Waals surface area contributed by atoms with Crippen molar-refractivity contribution < 1.29 is 0 Å². The molecule has 0 spiro atoms. The Labute approximate surface area is 110 Å². The van der Waals surface area contributed by atoms with Crippen LogP contribution in [-0.4, -0.2) is 24.5 Å². The van der Waals surface area contributed by atoms with Crippen LogP contribution in [0.4, 0.5) is 0 Å². The fourth-order valence-electron chi connectivity index (χ4n) is 1.80. The quantitative estimate of drug-likeness (QED) is 0.726. The summed E-state index contributed by atoms with van der Waals surface area (Å²) in [5, 5.41) is 3.38. The van der Waals surface area contributed by atoms with E-state index in [1.807, 2.05) is 11.3 Å². The molecule has 0 bridgehead atoms. The summed E-state index contributed by atoms with van der Waals surface area (Å²) in [7, 11) is 0. The van der Waals surface area contributed by atoms with E-state index in [1.165, 1.54) is 29.1 Å². The van der Waals surface area contributed by atoms with Crippen molar-refractivity contribution in [3.05, 3.63) is 21.9 Å². The molecule has 0 saturated carbocycles. The molecule has 0 aliphatic carbocycles. The minimum absolute atomic E-state index is 1.02. The third-order valence-corrected chi connectivity index (χ3v) is 3.99. The molecule has 1 rings (SSSR count). The topological polar surface area (TPSA) is 15.3 Å². The van der Waals surface area contributed by atoms with Crippen molar-refractivity contribution in [2.24, 2.45) is 0 Å². The molecule has 17 heavy (non-hydrogen) atoms. The van der Waals surface area contributed by atoms with E-state index in [1.54, 1.807) is 0 Å². The number of hydrogen-bond acceptors (Lipinski definition) is 3. The van der Waals surface area contributed by atoms with E-state index in [0.29, 0.717) is 0 Å². The van der Waals surface area contributed by atoms with Crippen molar-refractivity contribution in [1.29, 1.82) is 0 Å². The molecule has 1 heterocycles. The van der Waals surface area contributed by atoms with E-state index in [-0.39, 0.29) is 0 Å². The normalized spacial score (nSPS) is 11.3. The summed E-state index contributed by atoms with van der Waals surface area (Å²) >= 11 is 1.95. The van der Waals surface area contributed by atoms with E-state index < -0.39 is 0 Å². The Kier molecular flexibility index (Phi) is 7.49. The predicted octanol–water partition coefficient (Wildman–Crippen LogP) is 3.48. The van der Waals surface area contributed by atoms with Gasteiger partial charge in [-0.3, -0.25) is 4.90 Å². The van der Waals surface area contributed by atoms with Gasteiger partial charge in [0, 0.05) is 22.8 Å². The highest BCUT2D eigenvalue weighted by Gasteiger charge is 2.05. The van der Waals surface area contributed by atoms with E-state index in [0.717, 1.165) is 26.2 Å². The van der Waals surface area contributed by atoms with Crippen molar-refractivity contribution in [1.82, 2.24) is 10.2 Å². The standard InChI is InChI=1S/C14H26N2S/c1-4-7-10-16(6-3)12-14-9-8-13(17-14)11-15-5-2/h8-9,15H,4-7,10-12H2,1-3H3. The summed E-state index contributed by atoms with van der Waals surface area (Å²) in [6.07, 6.45) is 2.59. The SMILES string of the molecule is CCCCN(CC)Cc1ccc(CNCC)s1. The number of hydrogen-bond donors (Lipinski definition) is 1. The molecular formula is C14H26N2S. The highest BCUT2D eigenvalue weighted by Crippen LogP contribution is 2.18. The van der Waals surface area contributed by atoms with Gasteiger partial charge >= 0.3 is 0 Å². The van der Waals surface area contributed by atoms with Crippen LogP contribution in [0.2, 0.25) is 0 Å². The molecule has 2 nitrogen and oxygen atoms in total. The Morgan fingerprint density at radius 2 is 1.94 bits per heavy atom. The molecule has 0 aliphatic heterocycles. The number of nitrogens with zero attached hydrogens (tertiary/aromatic N) is 1. The first-order chi connectivity index (χ1) is 8.30. The molecule has 1 aromatic rings. The second kappa shape index (κ2) is 8.67. The van der Waals surface area contributed by atoms with E-state index >= 15 is 0 Å². The van der Waals surface area contributed by atoms with Crippen LogP contribution >= 0.6 is 11.3 Å². The fourth-order valence-corrected chi connectivity index (χ4v) is 2.83. The maximum atomic E-state index is 3.38. The molecule has 98 valence electrons. The molecular weight excluding hydrogens is 228 g/mol. The highest BCUT2D eigenvalue weighted by atomic mass is 32.1. The van der Waals surface area contributed by atoms with Gasteiger partial charge in [0.25, 0.3) is 0 Å². The van der Waals surface area contributed by atoms with Gasteiger partial charge < -0.3 is 5.32 Å². The summed E-state index contributed by atoms with van der Waals surface area (Å²) in [5.74, 6) is 0. The lowest BCUT2D eigenvalue weighted by Crippen LogP contribution is -2.23. The van der Waals surface area contributed by atoms with Gasteiger partial charge in [0.05, 0.1) is 0 Å². The average Bonchev–Trinajstić information content (AvgIpc) is 2.79. The zero-order valence-electron chi connectivity index (χ0n) is 11.5. The zero-order valence-corrected chi connectivity index (χ0v) is 12.3. The average molecular weight is 254 g/mol. The lowest BCUT2D eigenvalue weighted by molar-refractivity contribution is 0.278. The summed E-state index contributed by atoms with van der Waals surface area (Å²) < 4.78 is 0. The second-order valence-electron chi connectivity index (χ2n) is 4.37. The number of rotatable bonds is 9. The Morgan fingerprint density at radius 1 is 1.18 bits per heavy atom. The van der Waals surface area contributed by atoms with Crippen LogP contribution < -0.4 is 5.32 Å². The zero-order chi connectivity index (χ0) is 12.5. The lowest BCUT2D eigenvalue weighted by Gasteiger charge is -2.18. The molecule has 0 amide bonds. The Morgan fingerprint density at radius 3 is 2.59 bits per heavy atom. The number of nitrogens with one attached hydrogen (secondary N) is 1. The van der Waals surface area contributed by atoms with Crippen LogP contribution in [0.5, 0.6) is 0 Å². The smallest absolute Gasteiger partial charge is 0.0327 e. The van der Waals surface area contributed by atoms with Crippen molar-refractivity contribution in [2.75, 3.05) is 19.6 Å². The molecule has 0 aliphatic rings. The molecule has 0 radical (unpaired) electrons. The van der Waals surface area contributed by atoms with Crippen molar-refractivity contribution in [3.63, 3.8) is 0 Å². The van der Waals surface area contributed by atoms with Gasteiger partial charge in [0.1, 0.15) is 0 Å². The van der Waals surface area contributed by atoms with E-state index in [2.05, 4.69) is 43.1 Å². The van der Waals surface area contributed by atoms with Crippen LogP contribution in [0.3, 0.4) is 0 Å². The number of thiophene rings is 1. The van der Waals surface area contributed by atoms with Gasteiger partial charge in [-0.2, -0.15) is 0 Å². The van der Waals surface area contributed by atoms with Gasteiger partial charge in [-0.1, -0.05) is 27.2 Å². The van der Waals surface area contributed by atoms with Crippen LogP contribution in [0.25, 0.3) is 0 Å². The first-order valence-electron chi connectivity index (χ1n) is 6.80. The van der Waals surface area contributed by atoms with Crippen LogP contribution in [0, 0.1) is 0 Å². The van der Waals surface area contributed by atoms with Crippen LogP contribution in [0.1, 0.15) is 43.4 Å². The molecule has 3 heteroatoms. The number of unbranched alkanes of at least 4 members (excludes halogenated alkanes) is 1. The van der Waals surface area contributed by atoms with Gasteiger partial charge in [-0.25, -0.2) is 0 Å². The Bertz CT molecular complexity index is 296. The lowest BCUT2D eigenvalue weighted by atomic mass is 10.3. The van der Waals surface area contributed by atoms with E-state index in [9.17, 15) is 0 Å². The predicted molar refractivity (Wildman–Crippen MR) is 77.6 cm³/mol. The fraction of sp³-hybridized carbons (Fsp3) is 0.714. The molecule has 0 atom stereocenters. The molecule has 1 N–H and O–H groups in total. The van der Waals surface area contributed by atoms with Crippen LogP contribution in [0.15, 0.2) is 12.1 Å². The molecule has 1 aromatic heterocycles. The van der Waals surface area contributed by atoms with Gasteiger partial charge in [0.2, 0.25) is 0 Å². The van der Waals surface area contributed by atoms with Crippen molar-refractivity contribution >= 4 is 11.3 Å². The van der Waals surface area contributed by atoms with E-state index in [4.69, 9.17) is 0 Å². The van der Waals surface area contributed by atoms with Gasteiger partial charge in [-0.05, 0) is 38.2 Å². The molecule has 0 aromatic carbocycles. The summed E-state index contributed by atoms with van der Waals surface area (Å²) in [4.78, 5) is 5.48. The van der Waals surface area contributed by atoms with Crippen molar-refractivity contribution in [2.45, 2.75) is 46.7 Å². The monoisotopic (exact) mass is 254 g/mol. The van der Waals surface area contributed by atoms with Gasteiger partial charge in [-0.15, -0.1) is 11.3 Å². The minimum Gasteiger partial charge on any atom is -0.312 e. The largest absolute Gasteiger partial charge is 0.312 e. The van der Waals surface area contributed by atoms with Crippen LogP contribution in [-0.2, 0) is 13.1 Å². The molecule has 0 unspecified atom stereocenters. The molecule has 0 fully saturated rings. The van der Waals surface area contributed by atoms with Crippen molar-refractivity contribution in [3.8, 4) is 0 Å². The minimum atomic E-state index is 1.02. The Hall–Kier alpha value is -0.380. The third kappa shape index (κ3) is 5.66. The maximum Gasteiger partial charge on any atom is 0.0327 e. The first kappa shape index (κ1) is 14.7. The third-order valence-electron chi connectivity index (χ3n) is 2.92. The summed E-state index contributed by atoms with van der Waals surface area (Å²) in [6.45, 7) is 12.2. The highest BCUT2D eigenvalue weighted by molar-refractivity contribution is 7.11. The first-order valence-corrected chi connectivity index (χ1v) is 7.62. The second-order valence-corrected chi connectivity index (χ2v) is 5.62. The van der Waals surface area contributed by atoms with Gasteiger partial charge in [0.15, 0.2) is 0 Å². The maximum absolute atomic E-state index is 3.38. The summed E-state index contributed by atoms with van der Waals surface area (Å²) in [5.41, 5.74) is 0. The summed E-state index contributed by atoms with van der Waals surface area (Å²) in [6, 6.07) is 4.54. The molecule has 0 saturated heterocycles.